The first-order valence-corrected chi connectivity index (χ1v) is 5.02. The van der Waals surface area contributed by atoms with Gasteiger partial charge in [0, 0.05) is 17.6 Å². The van der Waals surface area contributed by atoms with Crippen molar-refractivity contribution in [2.24, 2.45) is 0 Å². The molecule has 0 aliphatic carbocycles. The third-order valence-electron chi connectivity index (χ3n) is 1.72. The second-order valence-corrected chi connectivity index (χ2v) is 2.99. The Hall–Kier alpha value is -0.760. The molecule has 0 atom stereocenters. The van der Waals surface area contributed by atoms with Crippen LogP contribution in [0, 0.1) is 0 Å². The number of halogens is 1. The maximum atomic E-state index is 5.74. The van der Waals surface area contributed by atoms with Gasteiger partial charge < -0.3 is 4.74 Å². The number of pyridine rings is 1. The number of nitrogens with zero attached hydrogens (tertiary/aromatic N) is 1. The molecule has 1 rings (SSSR count). The van der Waals surface area contributed by atoms with E-state index in [2.05, 4.69) is 11.9 Å². The molecule has 1 aromatic rings. The summed E-state index contributed by atoms with van der Waals surface area (Å²) in [6.45, 7) is 4.65. The Bertz CT molecular complexity index is 253. The smallest absolute Gasteiger partial charge is 0.213 e. The Kier molecular flexibility index (Phi) is 4.03. The molecule has 0 unspecified atom stereocenters. The summed E-state index contributed by atoms with van der Waals surface area (Å²) in [5.41, 5.74) is 2.10. The first-order chi connectivity index (χ1) is 6.30. The van der Waals surface area contributed by atoms with Gasteiger partial charge in [0.25, 0.3) is 0 Å². The van der Waals surface area contributed by atoms with Crippen molar-refractivity contribution in [1.29, 1.82) is 0 Å². The van der Waals surface area contributed by atoms with Gasteiger partial charge in [-0.05, 0) is 25.0 Å². The second kappa shape index (κ2) is 5.07. The molecule has 0 radical (unpaired) electrons. The summed E-state index contributed by atoms with van der Waals surface area (Å²) < 4.78 is 5.32. The predicted octanol–water partition coefficient (Wildman–Crippen LogP) is 2.78. The molecule has 3 heteroatoms. The van der Waals surface area contributed by atoms with Crippen LogP contribution >= 0.6 is 11.6 Å². The van der Waals surface area contributed by atoms with Crippen LogP contribution in [-0.2, 0) is 12.3 Å². The average Bonchev–Trinajstić information content (AvgIpc) is 2.17. The molecule has 0 spiro atoms. The Morgan fingerprint density at radius 2 is 2.15 bits per heavy atom. The molecular weight excluding hydrogens is 186 g/mol. The van der Waals surface area contributed by atoms with Gasteiger partial charge in [0.15, 0.2) is 0 Å². The first-order valence-electron chi connectivity index (χ1n) is 4.48. The van der Waals surface area contributed by atoms with Crippen LogP contribution in [0.5, 0.6) is 5.88 Å². The number of ether oxygens (including phenoxy) is 1. The minimum atomic E-state index is 0.510. The van der Waals surface area contributed by atoms with Gasteiger partial charge in [-0.2, -0.15) is 0 Å². The maximum Gasteiger partial charge on any atom is 0.213 e. The lowest BCUT2D eigenvalue weighted by Crippen LogP contribution is -1.98. The molecule has 13 heavy (non-hydrogen) atoms. The zero-order valence-electron chi connectivity index (χ0n) is 8.01. The van der Waals surface area contributed by atoms with Crippen LogP contribution in [0.25, 0.3) is 0 Å². The highest BCUT2D eigenvalue weighted by Gasteiger charge is 2.00. The van der Waals surface area contributed by atoms with Crippen molar-refractivity contribution in [3.05, 3.63) is 23.4 Å². The van der Waals surface area contributed by atoms with E-state index in [1.54, 1.807) is 0 Å². The number of hydrogen-bond donors (Lipinski definition) is 0. The van der Waals surface area contributed by atoms with Crippen molar-refractivity contribution in [1.82, 2.24) is 4.98 Å². The molecule has 0 aliphatic heterocycles. The van der Waals surface area contributed by atoms with Gasteiger partial charge in [0.05, 0.1) is 6.61 Å². The predicted molar refractivity (Wildman–Crippen MR) is 54.3 cm³/mol. The van der Waals surface area contributed by atoms with Crippen molar-refractivity contribution in [2.45, 2.75) is 26.1 Å². The number of aromatic nitrogens is 1. The molecule has 0 bridgehead atoms. The molecule has 0 saturated carbocycles. The van der Waals surface area contributed by atoms with E-state index in [0.29, 0.717) is 18.4 Å². The topological polar surface area (TPSA) is 22.1 Å². The molecule has 72 valence electrons. The second-order valence-electron chi connectivity index (χ2n) is 2.73. The van der Waals surface area contributed by atoms with Crippen LogP contribution in [0.2, 0.25) is 0 Å². The lowest BCUT2D eigenvalue weighted by molar-refractivity contribution is 0.325. The zero-order chi connectivity index (χ0) is 9.68. The van der Waals surface area contributed by atoms with Crippen molar-refractivity contribution < 1.29 is 4.74 Å². The van der Waals surface area contributed by atoms with Gasteiger partial charge in [0.2, 0.25) is 5.88 Å². The fourth-order valence-corrected chi connectivity index (χ4v) is 1.25. The fraction of sp³-hybridized carbons (Fsp3) is 0.500. The van der Waals surface area contributed by atoms with Gasteiger partial charge in [-0.25, -0.2) is 4.98 Å². The van der Waals surface area contributed by atoms with Crippen molar-refractivity contribution in [3.8, 4) is 5.88 Å². The monoisotopic (exact) mass is 199 g/mol. The van der Waals surface area contributed by atoms with Crippen LogP contribution in [0.3, 0.4) is 0 Å². The Morgan fingerprint density at radius 1 is 1.38 bits per heavy atom. The van der Waals surface area contributed by atoms with E-state index >= 15 is 0 Å². The van der Waals surface area contributed by atoms with E-state index in [9.17, 15) is 0 Å². The number of alkyl halides is 1. The van der Waals surface area contributed by atoms with Gasteiger partial charge in [0.1, 0.15) is 0 Å². The third kappa shape index (κ3) is 2.88. The zero-order valence-corrected chi connectivity index (χ0v) is 8.77. The van der Waals surface area contributed by atoms with Crippen LogP contribution in [0.4, 0.5) is 0 Å². The van der Waals surface area contributed by atoms with Crippen molar-refractivity contribution >= 4 is 11.6 Å². The van der Waals surface area contributed by atoms with E-state index in [1.807, 2.05) is 19.1 Å². The fourth-order valence-electron chi connectivity index (χ4n) is 1.10. The molecule has 1 aromatic heterocycles. The van der Waals surface area contributed by atoms with E-state index in [1.165, 1.54) is 0 Å². The molecule has 0 N–H and O–H groups in total. The van der Waals surface area contributed by atoms with E-state index in [0.717, 1.165) is 17.7 Å². The lowest BCUT2D eigenvalue weighted by atomic mass is 10.2. The Labute approximate surface area is 83.9 Å². The molecule has 0 aromatic carbocycles. The van der Waals surface area contributed by atoms with E-state index < -0.39 is 0 Å². The summed E-state index contributed by atoms with van der Waals surface area (Å²) in [6.07, 6.45) is 0.908. The van der Waals surface area contributed by atoms with E-state index in [4.69, 9.17) is 16.3 Å². The normalized spacial score (nSPS) is 10.1. The van der Waals surface area contributed by atoms with Crippen LogP contribution in [0.1, 0.15) is 25.1 Å². The Morgan fingerprint density at radius 3 is 2.69 bits per heavy atom. The summed E-state index contributed by atoms with van der Waals surface area (Å²) in [5, 5.41) is 0. The van der Waals surface area contributed by atoms with Crippen LogP contribution in [0.15, 0.2) is 12.1 Å². The molecule has 0 fully saturated rings. The SMILES string of the molecule is CCOc1cc(CCl)cc(CC)n1. The summed E-state index contributed by atoms with van der Waals surface area (Å²) in [6, 6.07) is 3.89. The van der Waals surface area contributed by atoms with Crippen molar-refractivity contribution in [3.63, 3.8) is 0 Å². The van der Waals surface area contributed by atoms with Crippen LogP contribution in [-0.4, -0.2) is 11.6 Å². The molecule has 0 amide bonds. The lowest BCUT2D eigenvalue weighted by Gasteiger charge is -2.06. The Balaban J connectivity index is 2.93. The summed E-state index contributed by atoms with van der Waals surface area (Å²) >= 11 is 5.74. The van der Waals surface area contributed by atoms with Crippen molar-refractivity contribution in [2.75, 3.05) is 6.61 Å². The maximum absolute atomic E-state index is 5.74. The highest BCUT2D eigenvalue weighted by Crippen LogP contribution is 2.14. The van der Waals surface area contributed by atoms with Gasteiger partial charge in [-0.15, -0.1) is 11.6 Å². The molecular formula is C10H14ClNO. The number of aryl methyl sites for hydroxylation is 1. The van der Waals surface area contributed by atoms with Gasteiger partial charge >= 0.3 is 0 Å². The minimum Gasteiger partial charge on any atom is -0.478 e. The van der Waals surface area contributed by atoms with E-state index in [-0.39, 0.29) is 0 Å². The largest absolute Gasteiger partial charge is 0.478 e. The minimum absolute atomic E-state index is 0.510. The molecule has 1 heterocycles. The standard InChI is InChI=1S/C10H14ClNO/c1-3-9-5-8(7-11)6-10(12-9)13-4-2/h5-6H,3-4,7H2,1-2H3. The van der Waals surface area contributed by atoms with Gasteiger partial charge in [-0.1, -0.05) is 6.92 Å². The average molecular weight is 200 g/mol. The molecule has 2 nitrogen and oxygen atoms in total. The first kappa shape index (κ1) is 10.3. The molecule has 0 aliphatic rings. The number of rotatable bonds is 4. The highest BCUT2D eigenvalue weighted by molar-refractivity contribution is 6.17. The summed E-state index contributed by atoms with van der Waals surface area (Å²) in [5.74, 6) is 1.19. The highest BCUT2D eigenvalue weighted by atomic mass is 35.5. The van der Waals surface area contributed by atoms with Crippen LogP contribution < -0.4 is 4.74 Å². The molecule has 0 saturated heterocycles. The third-order valence-corrected chi connectivity index (χ3v) is 2.03. The summed E-state index contributed by atoms with van der Waals surface area (Å²) in [7, 11) is 0. The number of hydrogen-bond acceptors (Lipinski definition) is 2. The summed E-state index contributed by atoms with van der Waals surface area (Å²) in [4.78, 5) is 4.31. The van der Waals surface area contributed by atoms with Gasteiger partial charge in [-0.3, -0.25) is 0 Å². The quantitative estimate of drug-likeness (QED) is 0.696.